The van der Waals surface area contributed by atoms with Crippen LogP contribution in [0.4, 0.5) is 0 Å². The van der Waals surface area contributed by atoms with E-state index in [0.29, 0.717) is 41.3 Å². The molecule has 10 nitrogen and oxygen atoms in total. The normalized spacial score (nSPS) is 47.7. The van der Waals surface area contributed by atoms with E-state index in [2.05, 4.69) is 39.1 Å². The third-order valence-electron chi connectivity index (χ3n) is 15.4. The topological polar surface area (TPSA) is 136 Å². The van der Waals surface area contributed by atoms with Crippen molar-refractivity contribution in [2.45, 2.75) is 134 Å². The molecule has 1 aromatic rings. The number of hydrogen-bond acceptors (Lipinski definition) is 9. The van der Waals surface area contributed by atoms with Crippen molar-refractivity contribution in [3.63, 3.8) is 0 Å². The average molecular weight is 736 g/mol. The molecule has 1 aromatic carbocycles. The van der Waals surface area contributed by atoms with E-state index in [4.69, 9.17) is 23.7 Å². The highest BCUT2D eigenvalue weighted by Crippen LogP contribution is 2.70. The maximum atomic E-state index is 13.1. The molecule has 0 unspecified atom stereocenters. The molecule has 0 bridgehead atoms. The van der Waals surface area contributed by atoms with Gasteiger partial charge in [0.05, 0.1) is 32.5 Å². The zero-order chi connectivity index (χ0) is 37.3. The van der Waals surface area contributed by atoms with Crippen molar-refractivity contribution in [1.29, 1.82) is 0 Å². The Morgan fingerprint density at radius 3 is 2.62 bits per heavy atom. The van der Waals surface area contributed by atoms with E-state index < -0.39 is 48.9 Å². The molecule has 4 N–H and O–H groups in total. The number of carbonyl (C=O) groups excluding carboxylic acids is 1. The SMILES string of the molecule is COc1ccccc1/C=C/C(=O)N[C@H]1[C@H](O[C@H]2CC[C@@]3(C)C(=CC[C@H]4[C@@H]5C[C@@H]6O[C@]7(CC[C@@H](C)CO7)[C@@H](C)[C@@H]6[C@@]5(C)CC[C@@H]43)C2)O[C@H](CO)[C@@H](O)[C@@H]1O. The van der Waals surface area contributed by atoms with Crippen molar-refractivity contribution in [3.05, 3.63) is 47.6 Å². The summed E-state index contributed by atoms with van der Waals surface area (Å²) >= 11 is 0. The molecule has 3 aliphatic heterocycles. The van der Waals surface area contributed by atoms with Crippen LogP contribution in [0.1, 0.15) is 91.0 Å². The van der Waals surface area contributed by atoms with Crippen LogP contribution < -0.4 is 10.1 Å². The Balaban J connectivity index is 0.950. The standard InChI is InChI=1S/C43H61NO9/c1-24-14-19-43(50-23-24)25(2)36-33(53-43)21-31-29-12-11-27-20-28(15-17-41(27,3)30(29)16-18-42(31,36)4)51-40-37(39(48)38(47)34(22-45)52-40)44-35(46)13-10-26-8-6-7-9-32(26)49-5/h6-11,13,24-25,28-31,33-34,36-40,45,47-48H,12,14-23H2,1-5H3,(H,44,46)/b13-10+/t24-,25+,28+,29-,30+,31+,33+,34-,36+,37-,38-,39-,40-,41+,42+,43-/m1/s1. The molecule has 1 amide bonds. The Morgan fingerprint density at radius 1 is 1.06 bits per heavy atom. The van der Waals surface area contributed by atoms with Crippen molar-refractivity contribution < 1.29 is 43.8 Å². The van der Waals surface area contributed by atoms with Crippen LogP contribution in [0.5, 0.6) is 5.75 Å². The Morgan fingerprint density at radius 2 is 1.87 bits per heavy atom. The zero-order valence-corrected chi connectivity index (χ0v) is 32.1. The molecule has 3 heterocycles. The number of allylic oxidation sites excluding steroid dienone is 1. The van der Waals surface area contributed by atoms with E-state index in [0.717, 1.165) is 50.7 Å². The summed E-state index contributed by atoms with van der Waals surface area (Å²) in [5.74, 6) is 3.21. The number of methoxy groups -OCH3 is 1. The lowest BCUT2D eigenvalue weighted by Gasteiger charge is -2.58. The predicted molar refractivity (Wildman–Crippen MR) is 198 cm³/mol. The van der Waals surface area contributed by atoms with Gasteiger partial charge in [0, 0.05) is 24.0 Å². The first-order valence-electron chi connectivity index (χ1n) is 20.3. The van der Waals surface area contributed by atoms with Gasteiger partial charge in [-0.05, 0) is 104 Å². The molecule has 8 rings (SSSR count). The summed E-state index contributed by atoms with van der Waals surface area (Å²) in [6.07, 6.45) is 10.2. The number of aliphatic hydroxyl groups is 3. The molecule has 3 saturated carbocycles. The summed E-state index contributed by atoms with van der Waals surface area (Å²) in [7, 11) is 1.57. The van der Waals surface area contributed by atoms with Gasteiger partial charge in [-0.2, -0.15) is 0 Å². The van der Waals surface area contributed by atoms with Crippen LogP contribution in [0.2, 0.25) is 0 Å². The average Bonchev–Trinajstić information content (AvgIpc) is 3.60. The number of carbonyl (C=O) groups is 1. The number of ether oxygens (including phenoxy) is 5. The van der Waals surface area contributed by atoms with E-state index in [1.165, 1.54) is 30.9 Å². The van der Waals surface area contributed by atoms with Gasteiger partial charge in [-0.15, -0.1) is 0 Å². The minimum absolute atomic E-state index is 0.0891. The Hall–Kier alpha value is -2.31. The minimum atomic E-state index is -1.39. The maximum Gasteiger partial charge on any atom is 0.244 e. The fourth-order valence-corrected chi connectivity index (χ4v) is 12.5. The second-order valence-corrected chi connectivity index (χ2v) is 18.1. The fraction of sp³-hybridized carbons (Fsp3) is 0.744. The van der Waals surface area contributed by atoms with Gasteiger partial charge in [0.15, 0.2) is 12.1 Å². The quantitative estimate of drug-likeness (QED) is 0.215. The summed E-state index contributed by atoms with van der Waals surface area (Å²) < 4.78 is 31.6. The fourth-order valence-electron chi connectivity index (χ4n) is 12.5. The second-order valence-electron chi connectivity index (χ2n) is 18.1. The molecular weight excluding hydrogens is 674 g/mol. The van der Waals surface area contributed by atoms with Gasteiger partial charge < -0.3 is 44.3 Å². The molecule has 0 aromatic heterocycles. The minimum Gasteiger partial charge on any atom is -0.496 e. The largest absolute Gasteiger partial charge is 0.496 e. The summed E-state index contributed by atoms with van der Waals surface area (Å²) in [6.45, 7) is 10.1. The smallest absolute Gasteiger partial charge is 0.244 e. The molecular formula is C43H61NO9. The van der Waals surface area contributed by atoms with Gasteiger partial charge >= 0.3 is 0 Å². The number of rotatable bonds is 7. The van der Waals surface area contributed by atoms with Gasteiger partial charge in [0.1, 0.15) is 30.1 Å². The summed E-state index contributed by atoms with van der Waals surface area (Å²) in [5.41, 5.74) is 2.52. The highest BCUT2D eigenvalue weighted by atomic mass is 16.7. The van der Waals surface area contributed by atoms with Crippen LogP contribution in [0.3, 0.4) is 0 Å². The Kier molecular flexibility index (Phi) is 10.2. The van der Waals surface area contributed by atoms with Crippen molar-refractivity contribution in [1.82, 2.24) is 5.32 Å². The summed E-state index contributed by atoms with van der Waals surface area (Å²) in [5, 5.41) is 34.7. The van der Waals surface area contributed by atoms with E-state index in [9.17, 15) is 20.1 Å². The lowest BCUT2D eigenvalue weighted by Crippen LogP contribution is -2.65. The summed E-state index contributed by atoms with van der Waals surface area (Å²) in [6, 6.07) is 6.31. The molecule has 0 radical (unpaired) electrons. The van der Waals surface area contributed by atoms with Gasteiger partial charge in [0.25, 0.3) is 0 Å². The molecule has 53 heavy (non-hydrogen) atoms. The van der Waals surface area contributed by atoms with E-state index >= 15 is 0 Å². The monoisotopic (exact) mass is 735 g/mol. The number of nitrogens with one attached hydrogen (secondary N) is 1. The number of aliphatic hydroxyl groups excluding tert-OH is 3. The van der Waals surface area contributed by atoms with Crippen molar-refractivity contribution in [2.24, 2.45) is 46.3 Å². The molecule has 292 valence electrons. The lowest BCUT2D eigenvalue weighted by molar-refractivity contribution is -0.284. The highest BCUT2D eigenvalue weighted by molar-refractivity contribution is 5.92. The van der Waals surface area contributed by atoms with Crippen LogP contribution in [-0.4, -0.2) is 90.2 Å². The first-order valence-corrected chi connectivity index (χ1v) is 20.3. The lowest BCUT2D eigenvalue weighted by atomic mass is 9.47. The third kappa shape index (κ3) is 6.32. The van der Waals surface area contributed by atoms with Crippen LogP contribution in [0, 0.1) is 46.3 Å². The molecule has 10 heteroatoms. The van der Waals surface area contributed by atoms with Gasteiger partial charge in [-0.25, -0.2) is 0 Å². The maximum absolute atomic E-state index is 13.1. The first-order chi connectivity index (χ1) is 25.4. The van der Waals surface area contributed by atoms with Crippen molar-refractivity contribution in [3.8, 4) is 5.75 Å². The number of fused-ring (bicyclic) bond motifs is 7. The molecule has 7 aliphatic rings. The number of hydrogen-bond donors (Lipinski definition) is 4. The van der Waals surface area contributed by atoms with Crippen LogP contribution in [-0.2, 0) is 23.7 Å². The van der Waals surface area contributed by atoms with E-state index in [1.807, 2.05) is 24.3 Å². The van der Waals surface area contributed by atoms with Gasteiger partial charge in [-0.3, -0.25) is 4.79 Å². The zero-order valence-electron chi connectivity index (χ0n) is 32.1. The van der Waals surface area contributed by atoms with Crippen LogP contribution >= 0.6 is 0 Å². The highest BCUT2D eigenvalue weighted by Gasteiger charge is 2.68. The van der Waals surface area contributed by atoms with Gasteiger partial charge in [-0.1, -0.05) is 57.5 Å². The van der Waals surface area contributed by atoms with Gasteiger partial charge in [0.2, 0.25) is 5.91 Å². The molecule has 1 spiro atoms. The Bertz CT molecular complexity index is 1570. The first kappa shape index (κ1) is 37.6. The second kappa shape index (κ2) is 14.3. The number of para-hydroxylation sites is 1. The summed E-state index contributed by atoms with van der Waals surface area (Å²) in [4.78, 5) is 13.1. The molecule has 3 saturated heterocycles. The third-order valence-corrected chi connectivity index (χ3v) is 15.4. The van der Waals surface area contributed by atoms with Crippen molar-refractivity contribution >= 4 is 12.0 Å². The molecule has 4 aliphatic carbocycles. The van der Waals surface area contributed by atoms with Crippen molar-refractivity contribution in [2.75, 3.05) is 20.3 Å². The van der Waals surface area contributed by atoms with Crippen LogP contribution in [0.15, 0.2) is 42.0 Å². The number of benzene rings is 1. The Labute approximate surface area is 314 Å². The number of amides is 1. The van der Waals surface area contributed by atoms with E-state index in [1.54, 1.807) is 13.2 Å². The van der Waals surface area contributed by atoms with E-state index in [-0.39, 0.29) is 23.0 Å². The van der Waals surface area contributed by atoms with Crippen LogP contribution in [0.25, 0.3) is 6.08 Å². The predicted octanol–water partition coefficient (Wildman–Crippen LogP) is 5.38. The molecule has 6 fully saturated rings. The molecule has 16 atom stereocenters.